The summed E-state index contributed by atoms with van der Waals surface area (Å²) in [6, 6.07) is 16.3. The van der Waals surface area contributed by atoms with Crippen LogP contribution in [0.1, 0.15) is 25.7 Å². The summed E-state index contributed by atoms with van der Waals surface area (Å²) in [6.45, 7) is 1.15. The molecule has 0 saturated heterocycles. The second-order valence-corrected chi connectivity index (χ2v) is 7.68. The van der Waals surface area contributed by atoms with Crippen molar-refractivity contribution in [1.29, 1.82) is 0 Å². The molecule has 2 saturated carbocycles. The van der Waals surface area contributed by atoms with E-state index in [4.69, 9.17) is 0 Å². The number of nitrogens with one attached hydrogen (secondary N) is 1. The Morgan fingerprint density at radius 2 is 1.67 bits per heavy atom. The molecule has 2 fully saturated rings. The molecule has 110 valence electrons. The molecule has 0 radical (unpaired) electrons. The molecule has 2 aromatic carbocycles. The summed E-state index contributed by atoms with van der Waals surface area (Å²) in [5.41, 5.74) is 0. The predicted molar refractivity (Wildman–Crippen MR) is 91.9 cm³/mol. The summed E-state index contributed by atoms with van der Waals surface area (Å²) in [5, 5.41) is 6.52. The third kappa shape index (κ3) is 3.44. The van der Waals surface area contributed by atoms with Crippen molar-refractivity contribution in [2.45, 2.75) is 36.6 Å². The highest BCUT2D eigenvalue weighted by Crippen LogP contribution is 2.44. The lowest BCUT2D eigenvalue weighted by atomic mass is 10.1. The van der Waals surface area contributed by atoms with Gasteiger partial charge in [-0.05, 0) is 60.4 Å². The summed E-state index contributed by atoms with van der Waals surface area (Å²) in [4.78, 5) is 1.39. The molecule has 2 aliphatic carbocycles. The number of rotatable bonds is 7. The van der Waals surface area contributed by atoms with Crippen LogP contribution in [0.5, 0.6) is 0 Å². The molecule has 0 amide bonds. The van der Waals surface area contributed by atoms with Crippen LogP contribution in [-0.2, 0) is 0 Å². The van der Waals surface area contributed by atoms with Gasteiger partial charge in [-0.15, -0.1) is 11.8 Å². The molecule has 0 aliphatic heterocycles. The molecule has 0 bridgehead atoms. The first-order valence-corrected chi connectivity index (χ1v) is 9.24. The SMILES string of the molecule is c1ccc2cc(SCCNC(C3CC3)C3CC3)ccc2c1. The molecule has 0 heterocycles. The average Bonchev–Trinajstić information content (AvgIpc) is 3.39. The van der Waals surface area contributed by atoms with Crippen molar-refractivity contribution < 1.29 is 0 Å². The Hall–Kier alpha value is -0.990. The molecule has 0 atom stereocenters. The highest BCUT2D eigenvalue weighted by Gasteiger charge is 2.40. The van der Waals surface area contributed by atoms with E-state index in [1.807, 2.05) is 11.8 Å². The van der Waals surface area contributed by atoms with Gasteiger partial charge < -0.3 is 5.32 Å². The fourth-order valence-electron chi connectivity index (χ4n) is 3.28. The van der Waals surface area contributed by atoms with Crippen molar-refractivity contribution in [3.63, 3.8) is 0 Å². The van der Waals surface area contributed by atoms with Gasteiger partial charge in [0, 0.05) is 23.2 Å². The number of benzene rings is 2. The topological polar surface area (TPSA) is 12.0 Å². The van der Waals surface area contributed by atoms with Crippen LogP contribution < -0.4 is 5.32 Å². The van der Waals surface area contributed by atoms with E-state index in [0.29, 0.717) is 0 Å². The van der Waals surface area contributed by atoms with Crippen molar-refractivity contribution in [3.8, 4) is 0 Å². The van der Waals surface area contributed by atoms with E-state index in [0.717, 1.165) is 24.4 Å². The van der Waals surface area contributed by atoms with E-state index in [1.54, 1.807) is 0 Å². The van der Waals surface area contributed by atoms with E-state index in [9.17, 15) is 0 Å². The fourth-order valence-corrected chi connectivity index (χ4v) is 4.11. The van der Waals surface area contributed by atoms with Crippen molar-refractivity contribution in [3.05, 3.63) is 42.5 Å². The molecule has 4 rings (SSSR count). The third-order valence-corrected chi connectivity index (χ3v) is 5.73. The minimum absolute atomic E-state index is 0.835. The zero-order chi connectivity index (χ0) is 14.1. The molecular weight excluding hydrogens is 274 g/mol. The van der Waals surface area contributed by atoms with Crippen molar-refractivity contribution in [2.24, 2.45) is 11.8 Å². The molecule has 1 nitrogen and oxygen atoms in total. The minimum atomic E-state index is 0.835. The molecule has 2 aromatic rings. The summed E-state index contributed by atoms with van der Waals surface area (Å²) >= 11 is 1.98. The maximum absolute atomic E-state index is 3.83. The van der Waals surface area contributed by atoms with Gasteiger partial charge in [-0.2, -0.15) is 0 Å². The Bertz CT molecular complexity index is 604. The van der Waals surface area contributed by atoms with Gasteiger partial charge in [-0.25, -0.2) is 0 Å². The largest absolute Gasteiger partial charge is 0.313 e. The summed E-state index contributed by atoms with van der Waals surface area (Å²) in [7, 11) is 0. The average molecular weight is 297 g/mol. The zero-order valence-electron chi connectivity index (χ0n) is 12.4. The van der Waals surface area contributed by atoms with Crippen molar-refractivity contribution in [2.75, 3.05) is 12.3 Å². The highest BCUT2D eigenvalue weighted by atomic mass is 32.2. The lowest BCUT2D eigenvalue weighted by molar-refractivity contribution is 0.429. The number of fused-ring (bicyclic) bond motifs is 1. The van der Waals surface area contributed by atoms with Crippen LogP contribution in [0, 0.1) is 11.8 Å². The van der Waals surface area contributed by atoms with Crippen molar-refractivity contribution >= 4 is 22.5 Å². The first kappa shape index (κ1) is 13.7. The molecule has 1 N–H and O–H groups in total. The predicted octanol–water partition coefficient (Wildman–Crippen LogP) is 4.71. The molecule has 2 aliphatic rings. The quantitative estimate of drug-likeness (QED) is 0.587. The van der Waals surface area contributed by atoms with E-state index in [-0.39, 0.29) is 0 Å². The summed E-state index contributed by atoms with van der Waals surface area (Å²) in [5.74, 6) is 3.18. The van der Waals surface area contributed by atoms with E-state index in [1.165, 1.54) is 47.1 Å². The van der Waals surface area contributed by atoms with Crippen LogP contribution in [0.15, 0.2) is 47.4 Å². The van der Waals surface area contributed by atoms with Gasteiger partial charge in [-0.3, -0.25) is 0 Å². The van der Waals surface area contributed by atoms with Crippen LogP contribution in [0.2, 0.25) is 0 Å². The molecule has 2 heteroatoms. The second kappa shape index (κ2) is 6.02. The van der Waals surface area contributed by atoms with Gasteiger partial charge in [0.25, 0.3) is 0 Å². The van der Waals surface area contributed by atoms with Crippen LogP contribution in [0.25, 0.3) is 10.8 Å². The first-order valence-electron chi connectivity index (χ1n) is 8.25. The van der Waals surface area contributed by atoms with E-state index < -0.39 is 0 Å². The maximum atomic E-state index is 3.83. The Morgan fingerprint density at radius 3 is 2.38 bits per heavy atom. The second-order valence-electron chi connectivity index (χ2n) is 6.51. The molecular formula is C19H23NS. The molecule has 0 spiro atoms. The van der Waals surface area contributed by atoms with E-state index >= 15 is 0 Å². The van der Waals surface area contributed by atoms with Crippen LogP contribution in [0.4, 0.5) is 0 Å². The lowest BCUT2D eigenvalue weighted by Crippen LogP contribution is -2.34. The zero-order valence-corrected chi connectivity index (χ0v) is 13.2. The first-order chi connectivity index (χ1) is 10.4. The van der Waals surface area contributed by atoms with Crippen LogP contribution in [-0.4, -0.2) is 18.3 Å². The Labute approximate surface area is 131 Å². The highest BCUT2D eigenvalue weighted by molar-refractivity contribution is 7.99. The van der Waals surface area contributed by atoms with Gasteiger partial charge in [0.1, 0.15) is 0 Å². The molecule has 21 heavy (non-hydrogen) atoms. The Morgan fingerprint density at radius 1 is 0.952 bits per heavy atom. The third-order valence-electron chi connectivity index (χ3n) is 4.73. The summed E-state index contributed by atoms with van der Waals surface area (Å²) in [6.07, 6.45) is 5.86. The maximum Gasteiger partial charge on any atom is 0.0124 e. The smallest absolute Gasteiger partial charge is 0.0124 e. The normalized spacial score (nSPS) is 18.5. The van der Waals surface area contributed by atoms with Gasteiger partial charge >= 0.3 is 0 Å². The van der Waals surface area contributed by atoms with Crippen molar-refractivity contribution in [1.82, 2.24) is 5.32 Å². The van der Waals surface area contributed by atoms with Gasteiger partial charge in [-0.1, -0.05) is 30.3 Å². The fraction of sp³-hybridized carbons (Fsp3) is 0.474. The Balaban J connectivity index is 1.29. The van der Waals surface area contributed by atoms with Crippen LogP contribution >= 0.6 is 11.8 Å². The van der Waals surface area contributed by atoms with E-state index in [2.05, 4.69) is 47.8 Å². The standard InChI is InChI=1S/C19H23NS/c1-2-4-17-13-18(10-9-14(17)3-1)21-12-11-20-19(15-5-6-15)16-7-8-16/h1-4,9-10,13,15-16,19-20H,5-8,11-12H2. The van der Waals surface area contributed by atoms with Gasteiger partial charge in [0.15, 0.2) is 0 Å². The minimum Gasteiger partial charge on any atom is -0.313 e. The number of hydrogen-bond donors (Lipinski definition) is 1. The molecule has 0 unspecified atom stereocenters. The monoisotopic (exact) mass is 297 g/mol. The lowest BCUT2D eigenvalue weighted by Gasteiger charge is -2.17. The number of hydrogen-bond acceptors (Lipinski definition) is 2. The number of thioether (sulfide) groups is 1. The summed E-state index contributed by atoms with van der Waals surface area (Å²) < 4.78 is 0. The van der Waals surface area contributed by atoms with Gasteiger partial charge in [0.05, 0.1) is 0 Å². The Kier molecular flexibility index (Phi) is 3.91. The van der Waals surface area contributed by atoms with Gasteiger partial charge in [0.2, 0.25) is 0 Å². The van der Waals surface area contributed by atoms with Crippen LogP contribution in [0.3, 0.4) is 0 Å². The molecule has 0 aromatic heterocycles.